The normalized spacial score (nSPS) is 10.5. The Morgan fingerprint density at radius 1 is 1.37 bits per heavy atom. The molecule has 0 aliphatic heterocycles. The Kier molecular flexibility index (Phi) is 3.80. The molecule has 2 rings (SSSR count). The molecule has 2 aromatic rings. The summed E-state index contributed by atoms with van der Waals surface area (Å²) in [7, 11) is 0. The summed E-state index contributed by atoms with van der Waals surface area (Å²) in [6.45, 7) is 4.64. The summed E-state index contributed by atoms with van der Waals surface area (Å²) < 4.78 is 13.4. The van der Waals surface area contributed by atoms with Crippen LogP contribution in [0.25, 0.3) is 0 Å². The molecule has 0 aliphatic rings. The van der Waals surface area contributed by atoms with Gasteiger partial charge in [0.15, 0.2) is 0 Å². The summed E-state index contributed by atoms with van der Waals surface area (Å²) in [5.41, 5.74) is 1.18. The van der Waals surface area contributed by atoms with Crippen molar-refractivity contribution in [1.29, 1.82) is 0 Å². The minimum Gasteiger partial charge on any atom is -0.381 e. The van der Waals surface area contributed by atoms with E-state index in [1.165, 1.54) is 21.9 Å². The van der Waals surface area contributed by atoms with Crippen LogP contribution in [-0.4, -0.2) is 4.92 Å². The minimum atomic E-state index is -0.826. The van der Waals surface area contributed by atoms with Gasteiger partial charge < -0.3 is 5.32 Å². The second-order valence-electron chi connectivity index (χ2n) is 4.22. The number of thiophene rings is 1. The molecule has 0 saturated heterocycles. The number of benzene rings is 1. The van der Waals surface area contributed by atoms with Gasteiger partial charge in [0.1, 0.15) is 0 Å². The highest BCUT2D eigenvalue weighted by Crippen LogP contribution is 2.24. The van der Waals surface area contributed by atoms with Crippen LogP contribution in [0.2, 0.25) is 0 Å². The quantitative estimate of drug-likeness (QED) is 0.679. The zero-order valence-electron chi connectivity index (χ0n) is 10.6. The highest BCUT2D eigenvalue weighted by molar-refractivity contribution is 7.12. The molecule has 1 aromatic carbocycles. The lowest BCUT2D eigenvalue weighted by molar-refractivity contribution is -0.387. The van der Waals surface area contributed by atoms with Crippen LogP contribution in [0.5, 0.6) is 0 Å². The first-order valence-corrected chi connectivity index (χ1v) is 6.52. The molecule has 0 saturated carbocycles. The third kappa shape index (κ3) is 3.08. The Morgan fingerprint density at radius 2 is 2.11 bits per heavy atom. The van der Waals surface area contributed by atoms with Crippen LogP contribution in [0, 0.1) is 29.8 Å². The number of nitrogens with zero attached hydrogens (tertiary/aromatic N) is 1. The summed E-state index contributed by atoms with van der Waals surface area (Å²) in [6.07, 6.45) is 0. The van der Waals surface area contributed by atoms with Gasteiger partial charge in [-0.25, -0.2) is 0 Å². The van der Waals surface area contributed by atoms with Gasteiger partial charge in [0, 0.05) is 34.1 Å². The van der Waals surface area contributed by atoms with Gasteiger partial charge in [-0.15, -0.1) is 11.3 Å². The summed E-state index contributed by atoms with van der Waals surface area (Å²) in [4.78, 5) is 12.2. The lowest BCUT2D eigenvalue weighted by Crippen LogP contribution is -2.01. The van der Waals surface area contributed by atoms with E-state index in [0.29, 0.717) is 12.2 Å². The third-order valence-electron chi connectivity index (χ3n) is 2.77. The maximum atomic E-state index is 13.4. The average molecular weight is 280 g/mol. The minimum absolute atomic E-state index is 0.506. The van der Waals surface area contributed by atoms with Gasteiger partial charge in [0.2, 0.25) is 5.82 Å². The molecule has 0 fully saturated rings. The van der Waals surface area contributed by atoms with Crippen LogP contribution >= 0.6 is 11.3 Å². The molecule has 1 aromatic heterocycles. The predicted molar refractivity (Wildman–Crippen MR) is 74.2 cm³/mol. The van der Waals surface area contributed by atoms with E-state index in [-0.39, 0.29) is 0 Å². The fourth-order valence-electron chi connectivity index (χ4n) is 1.82. The summed E-state index contributed by atoms with van der Waals surface area (Å²) in [5.74, 6) is -0.826. The molecule has 0 bridgehead atoms. The molecule has 1 N–H and O–H groups in total. The Bertz CT molecular complexity index is 625. The predicted octanol–water partition coefficient (Wildman–Crippen LogP) is 4.02. The first kappa shape index (κ1) is 13.5. The monoisotopic (exact) mass is 280 g/mol. The molecule has 19 heavy (non-hydrogen) atoms. The van der Waals surface area contributed by atoms with Gasteiger partial charge in [0.05, 0.1) is 4.92 Å². The van der Waals surface area contributed by atoms with Gasteiger partial charge in [-0.1, -0.05) is 0 Å². The number of aryl methyl sites for hydroxylation is 2. The van der Waals surface area contributed by atoms with E-state index < -0.39 is 16.4 Å². The number of anilines is 1. The number of nitrogens with one attached hydrogen (secondary N) is 1. The van der Waals surface area contributed by atoms with Crippen LogP contribution < -0.4 is 5.32 Å². The Balaban J connectivity index is 2.10. The number of rotatable bonds is 4. The molecule has 1 heterocycles. The number of nitro groups is 1. The van der Waals surface area contributed by atoms with Crippen LogP contribution in [0.4, 0.5) is 15.8 Å². The van der Waals surface area contributed by atoms with Crippen LogP contribution in [0.1, 0.15) is 15.3 Å². The van der Waals surface area contributed by atoms with E-state index in [9.17, 15) is 14.5 Å². The van der Waals surface area contributed by atoms with Gasteiger partial charge in [-0.05, 0) is 31.5 Å². The van der Waals surface area contributed by atoms with Gasteiger partial charge in [-0.3, -0.25) is 10.1 Å². The molecule has 0 amide bonds. The molecule has 0 radical (unpaired) electrons. The van der Waals surface area contributed by atoms with Crippen molar-refractivity contribution in [2.75, 3.05) is 5.32 Å². The zero-order valence-corrected chi connectivity index (χ0v) is 11.4. The molecule has 4 nitrogen and oxygen atoms in total. The van der Waals surface area contributed by atoms with Gasteiger partial charge in [0.25, 0.3) is 0 Å². The van der Waals surface area contributed by atoms with Gasteiger partial charge >= 0.3 is 5.69 Å². The highest BCUT2D eigenvalue weighted by Gasteiger charge is 2.13. The van der Waals surface area contributed by atoms with Crippen molar-refractivity contribution in [3.63, 3.8) is 0 Å². The number of halogens is 1. The highest BCUT2D eigenvalue weighted by atomic mass is 32.1. The van der Waals surface area contributed by atoms with Crippen LogP contribution in [-0.2, 0) is 6.54 Å². The lowest BCUT2D eigenvalue weighted by atomic mass is 10.2. The topological polar surface area (TPSA) is 55.2 Å². The van der Waals surface area contributed by atoms with Crippen molar-refractivity contribution in [1.82, 2.24) is 0 Å². The van der Waals surface area contributed by atoms with Crippen LogP contribution in [0.15, 0.2) is 24.3 Å². The molecular weight excluding hydrogens is 267 g/mol. The largest absolute Gasteiger partial charge is 0.381 e. The lowest BCUT2D eigenvalue weighted by Gasteiger charge is -2.06. The molecular formula is C13H13FN2O2S. The van der Waals surface area contributed by atoms with E-state index in [1.54, 1.807) is 11.3 Å². The molecule has 0 atom stereocenters. The Hall–Kier alpha value is -1.95. The van der Waals surface area contributed by atoms with E-state index >= 15 is 0 Å². The third-order valence-corrected chi connectivity index (χ3v) is 3.78. The van der Waals surface area contributed by atoms with Crippen molar-refractivity contribution in [2.45, 2.75) is 20.4 Å². The fourth-order valence-corrected chi connectivity index (χ4v) is 2.77. The summed E-state index contributed by atoms with van der Waals surface area (Å²) in [6, 6.07) is 5.90. The molecule has 6 heteroatoms. The second kappa shape index (κ2) is 5.36. The van der Waals surface area contributed by atoms with Crippen molar-refractivity contribution in [3.8, 4) is 0 Å². The van der Waals surface area contributed by atoms with Crippen LogP contribution in [0.3, 0.4) is 0 Å². The molecule has 100 valence electrons. The maximum Gasteiger partial charge on any atom is 0.304 e. The standard InChI is InChI=1S/C13H13FN2O2S/c1-8-5-10(9(2)19-8)7-15-11-3-4-13(16(17)18)12(14)6-11/h3-6,15H,7H2,1-2H3. The van der Waals surface area contributed by atoms with E-state index in [2.05, 4.69) is 11.4 Å². The van der Waals surface area contributed by atoms with E-state index in [4.69, 9.17) is 0 Å². The smallest absolute Gasteiger partial charge is 0.304 e. The summed E-state index contributed by atoms with van der Waals surface area (Å²) >= 11 is 1.71. The second-order valence-corrected chi connectivity index (χ2v) is 5.68. The SMILES string of the molecule is Cc1cc(CNc2ccc([N+](=O)[O-])c(F)c2)c(C)s1. The van der Waals surface area contributed by atoms with Gasteiger partial charge in [-0.2, -0.15) is 4.39 Å². The van der Waals surface area contributed by atoms with Crippen molar-refractivity contribution in [3.05, 3.63) is 55.5 Å². The first-order valence-electron chi connectivity index (χ1n) is 5.71. The van der Waals surface area contributed by atoms with Crippen molar-refractivity contribution in [2.24, 2.45) is 0 Å². The number of hydrogen-bond donors (Lipinski definition) is 1. The fraction of sp³-hybridized carbons (Fsp3) is 0.231. The van der Waals surface area contributed by atoms with Crippen molar-refractivity contribution < 1.29 is 9.31 Å². The maximum absolute atomic E-state index is 13.4. The van der Waals surface area contributed by atoms with E-state index in [1.807, 2.05) is 13.8 Å². The Morgan fingerprint density at radius 3 is 2.63 bits per heavy atom. The molecule has 0 unspecified atom stereocenters. The molecule has 0 spiro atoms. The van der Waals surface area contributed by atoms with E-state index in [0.717, 1.165) is 11.6 Å². The summed E-state index contributed by atoms with van der Waals surface area (Å²) in [5, 5.41) is 13.6. The Labute approximate surface area is 114 Å². The number of nitro benzene ring substituents is 1. The van der Waals surface area contributed by atoms with Crippen molar-refractivity contribution >= 4 is 22.7 Å². The zero-order chi connectivity index (χ0) is 14.0. The number of hydrogen-bond acceptors (Lipinski definition) is 4. The average Bonchev–Trinajstić information content (AvgIpc) is 2.65. The first-order chi connectivity index (χ1) is 8.97. The molecule has 0 aliphatic carbocycles.